The normalized spacial score (nSPS) is 12.3. The van der Waals surface area contributed by atoms with E-state index in [-0.39, 0.29) is 0 Å². The zero-order valence-corrected chi connectivity index (χ0v) is 12.5. The quantitative estimate of drug-likeness (QED) is 0.811. The van der Waals surface area contributed by atoms with E-state index in [9.17, 15) is 30.4 Å². The maximum Gasteiger partial charge on any atom is 0.416 e. The molecule has 2 aromatic rings. The molecule has 23 heavy (non-hydrogen) atoms. The number of nitrogens with one attached hydrogen (secondary N) is 1. The van der Waals surface area contributed by atoms with Crippen molar-refractivity contribution in [2.45, 2.75) is 11.1 Å². The van der Waals surface area contributed by atoms with E-state index in [0.717, 1.165) is 12.1 Å². The highest BCUT2D eigenvalue weighted by Crippen LogP contribution is 2.34. The fraction of sp³-hybridized carbons (Fsp3) is 0.0769. The molecule has 0 radical (unpaired) electrons. The van der Waals surface area contributed by atoms with Gasteiger partial charge in [0.25, 0.3) is 10.0 Å². The third-order valence-electron chi connectivity index (χ3n) is 2.72. The second-order valence-electron chi connectivity index (χ2n) is 4.37. The van der Waals surface area contributed by atoms with Gasteiger partial charge < -0.3 is 0 Å². The fourth-order valence-electron chi connectivity index (χ4n) is 1.66. The van der Waals surface area contributed by atoms with Crippen LogP contribution in [0.15, 0.2) is 41.3 Å². The molecule has 0 bridgehead atoms. The second-order valence-corrected chi connectivity index (χ2v) is 6.43. The van der Waals surface area contributed by atoms with Crippen LogP contribution in [0.25, 0.3) is 0 Å². The first-order valence-electron chi connectivity index (χ1n) is 5.85. The standard InChI is InChI=1S/C13H7ClF5NO2S/c14-9-5-7(13(17,18)19)1-4-11(9)20-23(21,22)12-6-8(15)2-3-10(12)16/h1-6,20H. The predicted molar refractivity (Wildman–Crippen MR) is 73.6 cm³/mol. The molecular weight excluding hydrogens is 365 g/mol. The monoisotopic (exact) mass is 371 g/mol. The molecule has 124 valence electrons. The first-order chi connectivity index (χ1) is 10.5. The zero-order valence-electron chi connectivity index (χ0n) is 11.0. The van der Waals surface area contributed by atoms with Crippen LogP contribution in [0.5, 0.6) is 0 Å². The van der Waals surface area contributed by atoms with Crippen molar-refractivity contribution in [3.05, 3.63) is 58.6 Å². The van der Waals surface area contributed by atoms with Gasteiger partial charge in [-0.3, -0.25) is 4.72 Å². The Morgan fingerprint density at radius 2 is 1.65 bits per heavy atom. The Balaban J connectivity index is 2.40. The summed E-state index contributed by atoms with van der Waals surface area (Å²) in [6, 6.07) is 3.67. The lowest BCUT2D eigenvalue weighted by molar-refractivity contribution is -0.137. The zero-order chi connectivity index (χ0) is 17.4. The van der Waals surface area contributed by atoms with Gasteiger partial charge in [-0.05, 0) is 36.4 Å². The molecule has 1 N–H and O–H groups in total. The lowest BCUT2D eigenvalue weighted by Crippen LogP contribution is -2.15. The predicted octanol–water partition coefficient (Wildman–Crippen LogP) is 4.44. The summed E-state index contributed by atoms with van der Waals surface area (Å²) < 4.78 is 90.0. The molecule has 3 nitrogen and oxygen atoms in total. The molecular formula is C13H7ClF5NO2S. The largest absolute Gasteiger partial charge is 0.416 e. The van der Waals surface area contributed by atoms with Crippen LogP contribution in [0.4, 0.5) is 27.6 Å². The van der Waals surface area contributed by atoms with Crippen LogP contribution >= 0.6 is 11.6 Å². The van der Waals surface area contributed by atoms with E-state index in [0.29, 0.717) is 24.3 Å². The van der Waals surface area contributed by atoms with Gasteiger partial charge in [-0.2, -0.15) is 13.2 Å². The number of hydrogen-bond donors (Lipinski definition) is 1. The number of hydrogen-bond acceptors (Lipinski definition) is 2. The van der Waals surface area contributed by atoms with E-state index in [2.05, 4.69) is 0 Å². The number of sulfonamides is 1. The summed E-state index contributed by atoms with van der Waals surface area (Å²) in [5.74, 6) is -2.22. The van der Waals surface area contributed by atoms with Crippen molar-refractivity contribution < 1.29 is 30.4 Å². The lowest BCUT2D eigenvalue weighted by Gasteiger charge is -2.12. The van der Waals surface area contributed by atoms with Gasteiger partial charge in [-0.1, -0.05) is 11.6 Å². The fourth-order valence-corrected chi connectivity index (χ4v) is 3.11. The van der Waals surface area contributed by atoms with Crippen molar-refractivity contribution in [2.24, 2.45) is 0 Å². The average molecular weight is 372 g/mol. The highest BCUT2D eigenvalue weighted by molar-refractivity contribution is 7.92. The molecule has 0 saturated carbocycles. The Kier molecular flexibility index (Phi) is 4.54. The van der Waals surface area contributed by atoms with Crippen LogP contribution in [-0.4, -0.2) is 8.42 Å². The van der Waals surface area contributed by atoms with Crippen LogP contribution in [0, 0.1) is 11.6 Å². The van der Waals surface area contributed by atoms with Gasteiger partial charge >= 0.3 is 6.18 Å². The summed E-state index contributed by atoms with van der Waals surface area (Å²) in [4.78, 5) is -0.992. The molecule has 0 spiro atoms. The molecule has 0 saturated heterocycles. The van der Waals surface area contributed by atoms with E-state index in [1.54, 1.807) is 0 Å². The van der Waals surface area contributed by atoms with Crippen molar-refractivity contribution in [1.29, 1.82) is 0 Å². The van der Waals surface area contributed by atoms with Crippen molar-refractivity contribution in [2.75, 3.05) is 4.72 Å². The smallest absolute Gasteiger partial charge is 0.278 e. The minimum atomic E-state index is -4.66. The summed E-state index contributed by atoms with van der Waals surface area (Å²) in [5.41, 5.74) is -1.48. The Bertz CT molecular complexity index is 852. The minimum Gasteiger partial charge on any atom is -0.278 e. The summed E-state index contributed by atoms with van der Waals surface area (Å²) in [5, 5.41) is -0.541. The van der Waals surface area contributed by atoms with Crippen LogP contribution in [0.2, 0.25) is 5.02 Å². The van der Waals surface area contributed by atoms with E-state index in [1.807, 2.05) is 4.72 Å². The van der Waals surface area contributed by atoms with Crippen LogP contribution in [0.3, 0.4) is 0 Å². The molecule has 0 aliphatic carbocycles. The minimum absolute atomic E-state index is 0.400. The molecule has 0 aromatic heterocycles. The SMILES string of the molecule is O=S(=O)(Nc1ccc(C(F)(F)F)cc1Cl)c1cc(F)ccc1F. The molecule has 0 heterocycles. The topological polar surface area (TPSA) is 46.2 Å². The highest BCUT2D eigenvalue weighted by Gasteiger charge is 2.31. The molecule has 0 atom stereocenters. The van der Waals surface area contributed by atoms with Gasteiger partial charge in [0.15, 0.2) is 0 Å². The highest BCUT2D eigenvalue weighted by atomic mass is 35.5. The van der Waals surface area contributed by atoms with Crippen LogP contribution in [0.1, 0.15) is 5.56 Å². The molecule has 0 amide bonds. The first kappa shape index (κ1) is 17.5. The Morgan fingerprint density at radius 3 is 2.22 bits per heavy atom. The van der Waals surface area contributed by atoms with Gasteiger partial charge in [0.1, 0.15) is 16.5 Å². The van der Waals surface area contributed by atoms with Crippen LogP contribution in [-0.2, 0) is 16.2 Å². The Labute approximate surface area is 132 Å². The van der Waals surface area contributed by atoms with E-state index < -0.39 is 49.0 Å². The Morgan fingerprint density at radius 1 is 1.00 bits per heavy atom. The molecule has 0 unspecified atom stereocenters. The van der Waals surface area contributed by atoms with Gasteiger partial charge in [0.2, 0.25) is 0 Å². The van der Waals surface area contributed by atoms with Gasteiger partial charge in [0, 0.05) is 0 Å². The summed E-state index contributed by atoms with van der Waals surface area (Å²) in [6.07, 6.45) is -4.66. The van der Waals surface area contributed by atoms with Crippen molar-refractivity contribution in [3.63, 3.8) is 0 Å². The maximum atomic E-state index is 13.5. The lowest BCUT2D eigenvalue weighted by atomic mass is 10.2. The Hall–Kier alpha value is -1.87. The maximum absolute atomic E-state index is 13.5. The number of benzene rings is 2. The molecule has 0 aliphatic rings. The molecule has 2 rings (SSSR count). The van der Waals surface area contributed by atoms with Crippen molar-refractivity contribution in [3.8, 4) is 0 Å². The average Bonchev–Trinajstić information content (AvgIpc) is 2.42. The van der Waals surface area contributed by atoms with Gasteiger partial charge in [-0.15, -0.1) is 0 Å². The summed E-state index contributed by atoms with van der Waals surface area (Å²) in [6.45, 7) is 0. The number of halogens is 6. The van der Waals surface area contributed by atoms with Crippen molar-refractivity contribution in [1.82, 2.24) is 0 Å². The third-order valence-corrected chi connectivity index (χ3v) is 4.42. The summed E-state index contributed by atoms with van der Waals surface area (Å²) in [7, 11) is -4.57. The molecule has 10 heteroatoms. The first-order valence-corrected chi connectivity index (χ1v) is 7.71. The van der Waals surface area contributed by atoms with Gasteiger partial charge in [-0.25, -0.2) is 17.2 Å². The third kappa shape index (κ3) is 3.91. The van der Waals surface area contributed by atoms with Crippen molar-refractivity contribution >= 4 is 27.3 Å². The molecule has 0 fully saturated rings. The van der Waals surface area contributed by atoms with E-state index >= 15 is 0 Å². The molecule has 2 aromatic carbocycles. The molecule has 0 aliphatic heterocycles. The second kappa shape index (κ2) is 5.97. The number of anilines is 1. The van der Waals surface area contributed by atoms with Crippen LogP contribution < -0.4 is 4.72 Å². The number of rotatable bonds is 3. The number of alkyl halides is 3. The van der Waals surface area contributed by atoms with E-state index in [4.69, 9.17) is 11.6 Å². The van der Waals surface area contributed by atoms with Gasteiger partial charge in [0.05, 0.1) is 16.3 Å². The summed E-state index contributed by atoms with van der Waals surface area (Å²) >= 11 is 5.61. The van der Waals surface area contributed by atoms with E-state index in [1.165, 1.54) is 0 Å².